The fourth-order valence-electron chi connectivity index (χ4n) is 3.45. The molecule has 1 N–H and O–H groups in total. The minimum Gasteiger partial charge on any atom is -0.343 e. The third-order valence-corrected chi connectivity index (χ3v) is 7.28. The smallest absolute Gasteiger partial charge is 0.274 e. The summed E-state index contributed by atoms with van der Waals surface area (Å²) in [7, 11) is -3.62. The van der Waals surface area contributed by atoms with Gasteiger partial charge in [-0.1, -0.05) is 41.7 Å². The van der Waals surface area contributed by atoms with Gasteiger partial charge in [-0.2, -0.15) is 4.98 Å². The second kappa shape index (κ2) is 9.81. The number of piperazine rings is 1. The van der Waals surface area contributed by atoms with Crippen molar-refractivity contribution in [1.82, 2.24) is 24.2 Å². The number of anilines is 1. The first-order chi connectivity index (χ1) is 15.8. The molecular weight excluding hydrogens is 464 g/mol. The van der Waals surface area contributed by atoms with Crippen LogP contribution in [0.15, 0.2) is 46.6 Å². The van der Waals surface area contributed by atoms with Crippen molar-refractivity contribution in [3.05, 3.63) is 63.4 Å². The number of hydrogen-bond acceptors (Lipinski definition) is 8. The normalized spacial score (nSPS) is 14.9. The number of carbonyl (C=O) groups is 1. The quantitative estimate of drug-likeness (QED) is 0.529. The number of nitrogens with one attached hydrogen (secondary N) is 1. The largest absolute Gasteiger partial charge is 0.343 e. The Morgan fingerprint density at radius 3 is 2.64 bits per heavy atom. The first-order valence-electron chi connectivity index (χ1n) is 10.4. The van der Waals surface area contributed by atoms with E-state index in [0.717, 1.165) is 21.8 Å². The van der Waals surface area contributed by atoms with Crippen molar-refractivity contribution in [3.8, 4) is 0 Å². The second-order valence-electron chi connectivity index (χ2n) is 7.59. The molecule has 0 aliphatic carbocycles. The highest BCUT2D eigenvalue weighted by molar-refractivity contribution is 7.92. The van der Waals surface area contributed by atoms with Crippen molar-refractivity contribution in [2.45, 2.75) is 13.3 Å². The predicted octanol–water partition coefficient (Wildman–Crippen LogP) is 1.09. The van der Waals surface area contributed by atoms with Crippen LogP contribution in [0.25, 0.3) is 11.0 Å². The zero-order valence-electron chi connectivity index (χ0n) is 18.0. The number of carbonyl (C=O) groups excluding carboxylic acids is 1. The number of fused-ring (bicyclic) bond motifs is 1. The SMILES string of the molecule is Cc1cc(=O)nc2sc(N3CCN(C(=O)CCNS(=O)(=O)/C=C/c4ccccc4)CC3)nn12. The third-order valence-electron chi connectivity index (χ3n) is 5.21. The summed E-state index contributed by atoms with van der Waals surface area (Å²) in [5.41, 5.74) is 1.22. The van der Waals surface area contributed by atoms with E-state index in [9.17, 15) is 18.0 Å². The third kappa shape index (κ3) is 5.83. The van der Waals surface area contributed by atoms with Crippen molar-refractivity contribution in [2.24, 2.45) is 0 Å². The second-order valence-corrected chi connectivity index (χ2v) is 10.2. The van der Waals surface area contributed by atoms with Crippen LogP contribution >= 0.6 is 11.3 Å². The number of hydrogen-bond donors (Lipinski definition) is 1. The number of benzene rings is 1. The number of aryl methyl sites for hydroxylation is 1. The molecule has 0 unspecified atom stereocenters. The van der Waals surface area contributed by atoms with Gasteiger partial charge in [0.2, 0.25) is 26.0 Å². The Kier molecular flexibility index (Phi) is 6.86. The van der Waals surface area contributed by atoms with E-state index in [1.54, 1.807) is 21.5 Å². The molecule has 0 radical (unpaired) electrons. The molecule has 10 nitrogen and oxygen atoms in total. The Balaban J connectivity index is 1.26. The lowest BCUT2D eigenvalue weighted by atomic mass is 10.2. The summed E-state index contributed by atoms with van der Waals surface area (Å²) in [6, 6.07) is 10.6. The first kappa shape index (κ1) is 23.1. The Labute approximate surface area is 195 Å². The van der Waals surface area contributed by atoms with Gasteiger partial charge >= 0.3 is 0 Å². The number of rotatable bonds is 7. The molecule has 3 heterocycles. The maximum absolute atomic E-state index is 12.5. The molecule has 2 aromatic heterocycles. The summed E-state index contributed by atoms with van der Waals surface area (Å²) in [5.74, 6) is -0.100. The van der Waals surface area contributed by atoms with E-state index in [2.05, 4.69) is 19.7 Å². The maximum atomic E-state index is 12.5. The van der Waals surface area contributed by atoms with Crippen molar-refractivity contribution in [1.29, 1.82) is 0 Å². The van der Waals surface area contributed by atoms with Gasteiger partial charge in [0.1, 0.15) is 0 Å². The van der Waals surface area contributed by atoms with E-state index >= 15 is 0 Å². The van der Waals surface area contributed by atoms with Crippen molar-refractivity contribution in [3.63, 3.8) is 0 Å². The van der Waals surface area contributed by atoms with Gasteiger partial charge in [0.05, 0.1) is 0 Å². The van der Waals surface area contributed by atoms with Gasteiger partial charge in [0.25, 0.3) is 5.56 Å². The summed E-state index contributed by atoms with van der Waals surface area (Å²) < 4.78 is 28.3. The molecule has 0 saturated carbocycles. The number of nitrogens with zero attached hydrogens (tertiary/aromatic N) is 5. The van der Waals surface area contributed by atoms with Gasteiger partial charge in [0, 0.05) is 56.3 Å². The average molecular weight is 489 g/mol. The lowest BCUT2D eigenvalue weighted by molar-refractivity contribution is -0.131. The zero-order chi connectivity index (χ0) is 23.4. The number of amides is 1. The van der Waals surface area contributed by atoms with Crippen LogP contribution in [-0.2, 0) is 14.8 Å². The average Bonchev–Trinajstić information content (AvgIpc) is 3.23. The van der Waals surface area contributed by atoms with Crippen LogP contribution in [0.3, 0.4) is 0 Å². The summed E-state index contributed by atoms with van der Waals surface area (Å²) in [6.07, 6.45) is 1.60. The van der Waals surface area contributed by atoms with E-state index in [1.165, 1.54) is 23.5 Å². The molecule has 0 atom stereocenters. The molecule has 1 amide bonds. The van der Waals surface area contributed by atoms with Crippen LogP contribution in [0.5, 0.6) is 0 Å². The standard InChI is InChI=1S/C21H24N6O4S2/c1-16-15-18(28)23-20-27(16)24-21(32-20)26-12-10-25(11-13-26)19(29)7-9-22-33(30,31)14-8-17-5-3-2-4-6-17/h2-6,8,14-15,22H,7,9-13H2,1H3/b14-8+. The van der Waals surface area contributed by atoms with E-state index in [-0.39, 0.29) is 24.4 Å². The van der Waals surface area contributed by atoms with Crippen molar-refractivity contribution in [2.75, 3.05) is 37.6 Å². The van der Waals surface area contributed by atoms with E-state index in [1.807, 2.05) is 25.1 Å². The minimum atomic E-state index is -3.62. The van der Waals surface area contributed by atoms with Gasteiger partial charge in [-0.3, -0.25) is 9.59 Å². The first-order valence-corrected chi connectivity index (χ1v) is 12.8. The summed E-state index contributed by atoms with van der Waals surface area (Å²) in [5, 5.41) is 6.39. The molecule has 1 aromatic carbocycles. The monoisotopic (exact) mass is 488 g/mol. The van der Waals surface area contributed by atoms with Crippen LogP contribution in [-0.4, -0.2) is 66.5 Å². The highest BCUT2D eigenvalue weighted by Gasteiger charge is 2.23. The van der Waals surface area contributed by atoms with Crippen LogP contribution in [0.4, 0.5) is 5.13 Å². The van der Waals surface area contributed by atoms with Crippen LogP contribution in [0.1, 0.15) is 17.7 Å². The Hall–Kier alpha value is -3.09. The van der Waals surface area contributed by atoms with Gasteiger partial charge < -0.3 is 9.80 Å². The maximum Gasteiger partial charge on any atom is 0.274 e. The molecule has 1 aliphatic heterocycles. The van der Waals surface area contributed by atoms with Crippen LogP contribution in [0.2, 0.25) is 0 Å². The molecule has 1 aliphatic rings. The zero-order valence-corrected chi connectivity index (χ0v) is 19.7. The Bertz CT molecular complexity index is 1330. The molecule has 174 valence electrons. The van der Waals surface area contributed by atoms with Crippen LogP contribution < -0.4 is 15.2 Å². The lowest BCUT2D eigenvalue weighted by Gasteiger charge is -2.34. The Morgan fingerprint density at radius 2 is 1.91 bits per heavy atom. The minimum absolute atomic E-state index is 0.0392. The van der Waals surface area contributed by atoms with E-state index < -0.39 is 10.0 Å². The van der Waals surface area contributed by atoms with Gasteiger partial charge in [-0.05, 0) is 18.6 Å². The number of aromatic nitrogens is 3. The summed E-state index contributed by atoms with van der Waals surface area (Å²) in [4.78, 5) is 32.5. The van der Waals surface area contributed by atoms with Crippen molar-refractivity contribution < 1.29 is 13.2 Å². The summed E-state index contributed by atoms with van der Waals surface area (Å²) >= 11 is 1.34. The number of sulfonamides is 1. The van der Waals surface area contributed by atoms with Crippen molar-refractivity contribution >= 4 is 43.4 Å². The highest BCUT2D eigenvalue weighted by Crippen LogP contribution is 2.23. The fourth-order valence-corrected chi connectivity index (χ4v) is 5.28. The topological polar surface area (TPSA) is 117 Å². The van der Waals surface area contributed by atoms with Gasteiger partial charge in [0.15, 0.2) is 0 Å². The summed E-state index contributed by atoms with van der Waals surface area (Å²) in [6.45, 7) is 4.07. The molecule has 0 spiro atoms. The molecule has 3 aromatic rings. The van der Waals surface area contributed by atoms with E-state index in [4.69, 9.17) is 0 Å². The van der Waals surface area contributed by atoms with E-state index in [0.29, 0.717) is 31.1 Å². The fraction of sp³-hybridized carbons (Fsp3) is 0.333. The molecular formula is C21H24N6O4S2. The molecule has 33 heavy (non-hydrogen) atoms. The molecule has 1 saturated heterocycles. The molecule has 12 heteroatoms. The van der Waals surface area contributed by atoms with Crippen LogP contribution in [0, 0.1) is 6.92 Å². The van der Waals surface area contributed by atoms with Gasteiger partial charge in [-0.15, -0.1) is 5.10 Å². The lowest BCUT2D eigenvalue weighted by Crippen LogP contribution is -2.49. The molecule has 4 rings (SSSR count). The Morgan fingerprint density at radius 1 is 1.18 bits per heavy atom. The highest BCUT2D eigenvalue weighted by atomic mass is 32.2. The van der Waals surface area contributed by atoms with Gasteiger partial charge in [-0.25, -0.2) is 17.7 Å². The molecule has 0 bridgehead atoms. The molecule has 1 fully saturated rings. The predicted molar refractivity (Wildman–Crippen MR) is 128 cm³/mol.